The van der Waals surface area contributed by atoms with E-state index in [0.717, 1.165) is 16.1 Å². The first-order chi connectivity index (χ1) is 13.7. The molecule has 0 fully saturated rings. The standard InChI is InChI=1S/C20H17N5O2S/c1-2-25-16-6-5-13(11-24-18(26)15-12-21-8-9-22-15)10-17(16)28-19-14(20(25)27)4-3-7-23-19/h3-10,12H,2,11H2,1H3,(H,24,26). The zero-order valence-electron chi connectivity index (χ0n) is 15.1. The number of carbonyl (C=O) groups excluding carboxylic acids is 2. The lowest BCUT2D eigenvalue weighted by Crippen LogP contribution is -2.30. The maximum absolute atomic E-state index is 12.9. The number of amides is 2. The maximum Gasteiger partial charge on any atom is 0.271 e. The van der Waals surface area contributed by atoms with Crippen molar-refractivity contribution in [2.24, 2.45) is 0 Å². The van der Waals surface area contributed by atoms with Gasteiger partial charge in [-0.3, -0.25) is 14.6 Å². The number of benzene rings is 1. The van der Waals surface area contributed by atoms with Gasteiger partial charge in [0.05, 0.1) is 17.4 Å². The van der Waals surface area contributed by atoms with Crippen molar-refractivity contribution >= 4 is 29.3 Å². The highest BCUT2D eigenvalue weighted by molar-refractivity contribution is 7.99. The smallest absolute Gasteiger partial charge is 0.271 e. The number of aromatic nitrogens is 3. The Hall–Kier alpha value is -3.26. The van der Waals surface area contributed by atoms with E-state index in [1.165, 1.54) is 30.4 Å². The van der Waals surface area contributed by atoms with E-state index in [-0.39, 0.29) is 17.5 Å². The van der Waals surface area contributed by atoms with E-state index >= 15 is 0 Å². The first-order valence-corrected chi connectivity index (χ1v) is 9.61. The van der Waals surface area contributed by atoms with Gasteiger partial charge in [-0.25, -0.2) is 9.97 Å². The highest BCUT2D eigenvalue weighted by Gasteiger charge is 2.27. The summed E-state index contributed by atoms with van der Waals surface area (Å²) in [5.41, 5.74) is 2.64. The highest BCUT2D eigenvalue weighted by Crippen LogP contribution is 2.40. The zero-order chi connectivity index (χ0) is 19.5. The number of anilines is 1. The summed E-state index contributed by atoms with van der Waals surface area (Å²) in [4.78, 5) is 40.0. The number of pyridine rings is 1. The van der Waals surface area contributed by atoms with E-state index in [9.17, 15) is 9.59 Å². The Bertz CT molecular complexity index is 1040. The summed E-state index contributed by atoms with van der Waals surface area (Å²) < 4.78 is 0. The Morgan fingerprint density at radius 2 is 2.07 bits per heavy atom. The van der Waals surface area contributed by atoms with Gasteiger partial charge in [0.15, 0.2) is 0 Å². The first kappa shape index (κ1) is 18.1. The molecule has 1 N–H and O–H groups in total. The van der Waals surface area contributed by atoms with Crippen molar-refractivity contribution in [3.05, 3.63) is 71.9 Å². The third-order valence-electron chi connectivity index (χ3n) is 4.33. The molecule has 0 bridgehead atoms. The average molecular weight is 391 g/mol. The van der Waals surface area contributed by atoms with Crippen LogP contribution in [0.15, 0.2) is 65.0 Å². The molecule has 0 atom stereocenters. The van der Waals surface area contributed by atoms with Crippen molar-refractivity contribution in [2.75, 3.05) is 11.4 Å². The molecule has 2 aromatic heterocycles. The number of hydrogen-bond donors (Lipinski definition) is 1. The molecule has 28 heavy (non-hydrogen) atoms. The third-order valence-corrected chi connectivity index (χ3v) is 5.40. The van der Waals surface area contributed by atoms with Crippen LogP contribution in [0, 0.1) is 0 Å². The van der Waals surface area contributed by atoms with Crippen LogP contribution in [-0.4, -0.2) is 33.3 Å². The van der Waals surface area contributed by atoms with Crippen molar-refractivity contribution in [3.8, 4) is 0 Å². The van der Waals surface area contributed by atoms with Gasteiger partial charge in [-0.15, -0.1) is 0 Å². The Kier molecular flexibility index (Phi) is 5.03. The summed E-state index contributed by atoms with van der Waals surface area (Å²) in [6.45, 7) is 2.85. The quantitative estimate of drug-likeness (QED) is 0.736. The minimum absolute atomic E-state index is 0.0550. The molecule has 1 aromatic carbocycles. The van der Waals surface area contributed by atoms with Crippen LogP contribution in [0.2, 0.25) is 0 Å². The highest BCUT2D eigenvalue weighted by atomic mass is 32.2. The molecule has 0 radical (unpaired) electrons. The minimum atomic E-state index is -0.284. The van der Waals surface area contributed by atoms with Gasteiger partial charge in [0.1, 0.15) is 10.7 Å². The molecule has 0 aliphatic carbocycles. The first-order valence-electron chi connectivity index (χ1n) is 8.79. The van der Waals surface area contributed by atoms with Gasteiger partial charge in [0.25, 0.3) is 11.8 Å². The maximum atomic E-state index is 12.9. The Morgan fingerprint density at radius 1 is 1.18 bits per heavy atom. The lowest BCUT2D eigenvalue weighted by molar-refractivity contribution is 0.0944. The van der Waals surface area contributed by atoms with Gasteiger partial charge in [-0.05, 0) is 36.8 Å². The molecule has 0 saturated carbocycles. The van der Waals surface area contributed by atoms with Gasteiger partial charge in [0, 0.05) is 36.6 Å². The molecular weight excluding hydrogens is 374 g/mol. The van der Waals surface area contributed by atoms with Gasteiger partial charge >= 0.3 is 0 Å². The second-order valence-electron chi connectivity index (χ2n) is 6.08. The SMILES string of the molecule is CCN1C(=O)c2cccnc2Sc2cc(CNC(=O)c3cnccn3)ccc21. The van der Waals surface area contributed by atoms with E-state index in [1.807, 2.05) is 25.1 Å². The van der Waals surface area contributed by atoms with E-state index in [4.69, 9.17) is 0 Å². The molecule has 0 saturated heterocycles. The molecule has 3 aromatic rings. The Morgan fingerprint density at radius 3 is 2.86 bits per heavy atom. The molecule has 0 unspecified atom stereocenters. The van der Waals surface area contributed by atoms with Crippen LogP contribution in [-0.2, 0) is 6.54 Å². The molecule has 7 nitrogen and oxygen atoms in total. The number of carbonyl (C=O) groups is 2. The molecule has 3 heterocycles. The average Bonchev–Trinajstić information content (AvgIpc) is 2.86. The largest absolute Gasteiger partial charge is 0.347 e. The van der Waals surface area contributed by atoms with Crippen molar-refractivity contribution in [2.45, 2.75) is 23.4 Å². The van der Waals surface area contributed by atoms with Crippen LogP contribution in [0.25, 0.3) is 0 Å². The summed E-state index contributed by atoms with van der Waals surface area (Å²) in [5.74, 6) is -0.339. The van der Waals surface area contributed by atoms with Crippen LogP contribution < -0.4 is 10.2 Å². The van der Waals surface area contributed by atoms with Gasteiger partial charge in [0.2, 0.25) is 0 Å². The fourth-order valence-corrected chi connectivity index (χ4v) is 4.05. The van der Waals surface area contributed by atoms with Gasteiger partial charge < -0.3 is 10.2 Å². The van der Waals surface area contributed by atoms with Crippen LogP contribution in [0.4, 0.5) is 5.69 Å². The third kappa shape index (κ3) is 3.46. The van der Waals surface area contributed by atoms with Crippen LogP contribution in [0.5, 0.6) is 0 Å². The fourth-order valence-electron chi connectivity index (χ4n) is 2.97. The van der Waals surface area contributed by atoms with E-state index < -0.39 is 0 Å². The zero-order valence-corrected chi connectivity index (χ0v) is 15.9. The Labute approximate surface area is 166 Å². The number of nitrogens with zero attached hydrogens (tertiary/aromatic N) is 4. The molecule has 4 rings (SSSR count). The number of nitrogens with one attached hydrogen (secondary N) is 1. The summed E-state index contributed by atoms with van der Waals surface area (Å²) in [7, 11) is 0. The number of fused-ring (bicyclic) bond motifs is 2. The lowest BCUT2D eigenvalue weighted by atomic mass is 10.1. The topological polar surface area (TPSA) is 88.1 Å². The normalized spacial score (nSPS) is 12.8. The van der Waals surface area contributed by atoms with Crippen LogP contribution >= 0.6 is 11.8 Å². The number of rotatable bonds is 4. The van der Waals surface area contributed by atoms with Gasteiger partial charge in [-0.2, -0.15) is 0 Å². The minimum Gasteiger partial charge on any atom is -0.347 e. The molecule has 0 spiro atoms. The Balaban J connectivity index is 1.60. The summed E-state index contributed by atoms with van der Waals surface area (Å²) >= 11 is 1.46. The summed E-state index contributed by atoms with van der Waals surface area (Å²) in [6, 6.07) is 9.38. The van der Waals surface area contributed by atoms with E-state index in [0.29, 0.717) is 23.7 Å². The molecular formula is C20H17N5O2S. The van der Waals surface area contributed by atoms with Crippen molar-refractivity contribution in [3.63, 3.8) is 0 Å². The predicted molar refractivity (Wildman–Crippen MR) is 105 cm³/mol. The van der Waals surface area contributed by atoms with Crippen molar-refractivity contribution in [1.29, 1.82) is 0 Å². The summed E-state index contributed by atoms with van der Waals surface area (Å²) in [6.07, 6.45) is 6.11. The second kappa shape index (κ2) is 7.77. The molecule has 1 aliphatic heterocycles. The molecule has 8 heteroatoms. The summed E-state index contributed by atoms with van der Waals surface area (Å²) in [5, 5.41) is 3.53. The number of hydrogen-bond acceptors (Lipinski definition) is 6. The monoisotopic (exact) mass is 391 g/mol. The molecule has 2 amide bonds. The van der Waals surface area contributed by atoms with E-state index in [2.05, 4.69) is 20.3 Å². The van der Waals surface area contributed by atoms with E-state index in [1.54, 1.807) is 23.2 Å². The van der Waals surface area contributed by atoms with Crippen LogP contribution in [0.3, 0.4) is 0 Å². The molecule has 140 valence electrons. The van der Waals surface area contributed by atoms with Crippen molar-refractivity contribution < 1.29 is 9.59 Å². The second-order valence-corrected chi connectivity index (χ2v) is 7.11. The lowest BCUT2D eigenvalue weighted by Gasteiger charge is -2.21. The van der Waals surface area contributed by atoms with Crippen LogP contribution in [0.1, 0.15) is 33.3 Å². The molecule has 1 aliphatic rings. The van der Waals surface area contributed by atoms with Gasteiger partial charge in [-0.1, -0.05) is 17.8 Å². The predicted octanol–water partition coefficient (Wildman–Crippen LogP) is 2.93. The van der Waals surface area contributed by atoms with Crippen molar-refractivity contribution in [1.82, 2.24) is 20.3 Å². The fraction of sp³-hybridized carbons (Fsp3) is 0.150.